The second-order valence-electron chi connectivity index (χ2n) is 5.85. The summed E-state index contributed by atoms with van der Waals surface area (Å²) in [6.45, 7) is 2.42. The monoisotopic (exact) mass is 295 g/mol. The molecule has 0 aliphatic carbocycles. The summed E-state index contributed by atoms with van der Waals surface area (Å²) in [5.41, 5.74) is 0.911. The molecular formula is C14H21N3O2S. The van der Waals surface area contributed by atoms with E-state index in [0.717, 1.165) is 24.7 Å². The molecule has 2 aliphatic rings. The fourth-order valence-corrected chi connectivity index (χ4v) is 3.84. The van der Waals surface area contributed by atoms with Gasteiger partial charge >= 0.3 is 0 Å². The minimum atomic E-state index is -3.21. The molecule has 0 amide bonds. The van der Waals surface area contributed by atoms with Crippen molar-refractivity contribution in [3.8, 4) is 0 Å². The van der Waals surface area contributed by atoms with E-state index in [0.29, 0.717) is 6.04 Å². The zero-order valence-corrected chi connectivity index (χ0v) is 12.6. The average Bonchev–Trinajstić information content (AvgIpc) is 2.86. The zero-order chi connectivity index (χ0) is 14.2. The van der Waals surface area contributed by atoms with Crippen LogP contribution < -0.4 is 5.32 Å². The molecule has 2 unspecified atom stereocenters. The molecule has 2 fully saturated rings. The van der Waals surface area contributed by atoms with Crippen LogP contribution in [0.3, 0.4) is 0 Å². The third-order valence-electron chi connectivity index (χ3n) is 4.31. The highest BCUT2D eigenvalue weighted by atomic mass is 32.2. The summed E-state index contributed by atoms with van der Waals surface area (Å²) in [4.78, 5) is 6.61. The summed E-state index contributed by atoms with van der Waals surface area (Å²) in [6, 6.07) is 4.58. The third kappa shape index (κ3) is 2.96. The van der Waals surface area contributed by atoms with E-state index in [2.05, 4.69) is 15.2 Å². The smallest absolute Gasteiger partial charge is 0.192 e. The van der Waals surface area contributed by atoms with Crippen LogP contribution in [0.2, 0.25) is 0 Å². The summed E-state index contributed by atoms with van der Waals surface area (Å²) in [5, 5.41) is 3.62. The van der Waals surface area contributed by atoms with Gasteiger partial charge in [0.05, 0.1) is 11.9 Å². The van der Waals surface area contributed by atoms with Crippen molar-refractivity contribution in [1.82, 2.24) is 9.88 Å². The highest BCUT2D eigenvalue weighted by Crippen LogP contribution is 2.28. The van der Waals surface area contributed by atoms with Crippen molar-refractivity contribution in [1.29, 1.82) is 0 Å². The predicted molar refractivity (Wildman–Crippen MR) is 78.6 cm³/mol. The van der Waals surface area contributed by atoms with E-state index < -0.39 is 9.84 Å². The summed E-state index contributed by atoms with van der Waals surface area (Å²) >= 11 is 0. The van der Waals surface area contributed by atoms with Crippen LogP contribution in [-0.4, -0.2) is 49.7 Å². The number of fused-ring (bicyclic) bond motifs is 1. The molecule has 2 atom stereocenters. The molecule has 1 N–H and O–H groups in total. The molecule has 0 aromatic carbocycles. The van der Waals surface area contributed by atoms with Crippen LogP contribution >= 0.6 is 0 Å². The highest BCUT2D eigenvalue weighted by molar-refractivity contribution is 7.90. The van der Waals surface area contributed by atoms with Crippen molar-refractivity contribution in [3.05, 3.63) is 18.3 Å². The Hall–Kier alpha value is -1.14. The van der Waals surface area contributed by atoms with Gasteiger partial charge in [-0.15, -0.1) is 0 Å². The van der Waals surface area contributed by atoms with Gasteiger partial charge in [-0.05, 0) is 44.4 Å². The standard InChI is InChI=1S/C14H21N3O2S/c1-20(18,19)14-5-4-12(10-15-14)16-11-6-8-17-7-2-3-13(17)9-11/h4-5,10-11,13,16H,2-3,6-9H2,1H3. The Morgan fingerprint density at radius 2 is 2.15 bits per heavy atom. The van der Waals surface area contributed by atoms with Gasteiger partial charge in [0, 0.05) is 24.9 Å². The molecule has 2 saturated heterocycles. The van der Waals surface area contributed by atoms with Crippen molar-refractivity contribution in [2.24, 2.45) is 0 Å². The Morgan fingerprint density at radius 1 is 1.30 bits per heavy atom. The number of nitrogens with one attached hydrogen (secondary N) is 1. The zero-order valence-electron chi connectivity index (χ0n) is 11.7. The predicted octanol–water partition coefficient (Wildman–Crippen LogP) is 1.52. The van der Waals surface area contributed by atoms with Gasteiger partial charge < -0.3 is 10.2 Å². The van der Waals surface area contributed by atoms with E-state index >= 15 is 0 Å². The van der Waals surface area contributed by atoms with E-state index in [1.807, 2.05) is 6.07 Å². The fraction of sp³-hybridized carbons (Fsp3) is 0.643. The van der Waals surface area contributed by atoms with E-state index in [9.17, 15) is 8.42 Å². The van der Waals surface area contributed by atoms with Crippen molar-refractivity contribution < 1.29 is 8.42 Å². The molecule has 0 bridgehead atoms. The summed E-state index contributed by atoms with van der Waals surface area (Å²) in [6.07, 6.45) is 7.75. The highest BCUT2D eigenvalue weighted by Gasteiger charge is 2.31. The van der Waals surface area contributed by atoms with E-state index in [1.54, 1.807) is 12.3 Å². The molecule has 0 spiro atoms. The molecule has 1 aromatic rings. The lowest BCUT2D eigenvalue weighted by Gasteiger charge is -2.35. The number of pyridine rings is 1. The first-order chi connectivity index (χ1) is 9.52. The second-order valence-corrected chi connectivity index (χ2v) is 7.82. The van der Waals surface area contributed by atoms with Crippen LogP contribution in [0.4, 0.5) is 5.69 Å². The molecule has 1 aromatic heterocycles. The summed E-state index contributed by atoms with van der Waals surface area (Å²) < 4.78 is 22.7. The topological polar surface area (TPSA) is 62.3 Å². The molecule has 20 heavy (non-hydrogen) atoms. The lowest BCUT2D eigenvalue weighted by Crippen LogP contribution is -2.42. The first kappa shape index (κ1) is 13.8. The molecule has 5 nitrogen and oxygen atoms in total. The van der Waals surface area contributed by atoms with Gasteiger partial charge in [0.2, 0.25) is 0 Å². The molecule has 2 aliphatic heterocycles. The van der Waals surface area contributed by atoms with E-state index in [-0.39, 0.29) is 5.03 Å². The van der Waals surface area contributed by atoms with Gasteiger partial charge in [0.1, 0.15) is 0 Å². The van der Waals surface area contributed by atoms with Gasteiger partial charge in [-0.3, -0.25) is 0 Å². The lowest BCUT2D eigenvalue weighted by molar-refractivity contribution is 0.188. The first-order valence-electron chi connectivity index (χ1n) is 7.19. The number of aromatic nitrogens is 1. The average molecular weight is 295 g/mol. The van der Waals surface area contributed by atoms with Crippen molar-refractivity contribution >= 4 is 15.5 Å². The van der Waals surface area contributed by atoms with Crippen molar-refractivity contribution in [2.45, 2.75) is 42.8 Å². The Kier molecular flexibility index (Phi) is 3.69. The van der Waals surface area contributed by atoms with Crippen LogP contribution in [0.1, 0.15) is 25.7 Å². The van der Waals surface area contributed by atoms with Crippen molar-refractivity contribution in [3.63, 3.8) is 0 Å². The quantitative estimate of drug-likeness (QED) is 0.916. The number of hydrogen-bond donors (Lipinski definition) is 1. The Labute approximate surface area is 120 Å². The summed E-state index contributed by atoms with van der Waals surface area (Å²) in [5.74, 6) is 0. The first-order valence-corrected chi connectivity index (χ1v) is 9.08. The van der Waals surface area contributed by atoms with Crippen LogP contribution in [0.5, 0.6) is 0 Å². The molecule has 0 saturated carbocycles. The lowest BCUT2D eigenvalue weighted by atomic mass is 9.97. The number of nitrogens with zero attached hydrogens (tertiary/aromatic N) is 2. The number of sulfone groups is 1. The fourth-order valence-electron chi connectivity index (χ4n) is 3.28. The minimum Gasteiger partial charge on any atom is -0.381 e. The molecule has 6 heteroatoms. The molecule has 3 heterocycles. The Bertz CT molecular complexity index is 571. The molecule has 0 radical (unpaired) electrons. The molecular weight excluding hydrogens is 274 g/mol. The maximum Gasteiger partial charge on any atom is 0.192 e. The van der Waals surface area contributed by atoms with Gasteiger partial charge in [-0.1, -0.05) is 0 Å². The maximum atomic E-state index is 11.4. The number of piperidine rings is 1. The Balaban J connectivity index is 1.63. The van der Waals surface area contributed by atoms with Crippen LogP contribution in [0.25, 0.3) is 0 Å². The van der Waals surface area contributed by atoms with E-state index in [4.69, 9.17) is 0 Å². The molecule has 3 rings (SSSR count). The third-order valence-corrected chi connectivity index (χ3v) is 5.31. The number of rotatable bonds is 3. The number of hydrogen-bond acceptors (Lipinski definition) is 5. The van der Waals surface area contributed by atoms with Gasteiger partial charge in [-0.25, -0.2) is 13.4 Å². The molecule has 110 valence electrons. The van der Waals surface area contributed by atoms with Gasteiger partial charge in [0.15, 0.2) is 14.9 Å². The van der Waals surface area contributed by atoms with Crippen LogP contribution in [0.15, 0.2) is 23.4 Å². The normalized spacial score (nSPS) is 27.2. The Morgan fingerprint density at radius 3 is 2.85 bits per heavy atom. The largest absolute Gasteiger partial charge is 0.381 e. The SMILES string of the molecule is CS(=O)(=O)c1ccc(NC2CCN3CCCC3C2)cn1. The van der Waals surface area contributed by atoms with Crippen molar-refractivity contribution in [2.75, 3.05) is 24.7 Å². The van der Waals surface area contributed by atoms with Crippen LogP contribution in [0, 0.1) is 0 Å². The van der Waals surface area contributed by atoms with Crippen LogP contribution in [-0.2, 0) is 9.84 Å². The minimum absolute atomic E-state index is 0.133. The van der Waals surface area contributed by atoms with Gasteiger partial charge in [0.25, 0.3) is 0 Å². The maximum absolute atomic E-state index is 11.4. The second kappa shape index (κ2) is 5.33. The van der Waals surface area contributed by atoms with Gasteiger partial charge in [-0.2, -0.15) is 0 Å². The summed E-state index contributed by atoms with van der Waals surface area (Å²) in [7, 11) is -3.21. The number of anilines is 1. The van der Waals surface area contributed by atoms with E-state index in [1.165, 1.54) is 32.1 Å².